The number of hydrogen-bond donors (Lipinski definition) is 2. The maximum Gasteiger partial charge on any atom is 0.223 e. The topological polar surface area (TPSA) is 77.5 Å². The van der Waals surface area contributed by atoms with Crippen LogP contribution in [0, 0.1) is 5.92 Å². The van der Waals surface area contributed by atoms with Gasteiger partial charge in [0, 0.05) is 11.8 Å². The van der Waals surface area contributed by atoms with Crippen molar-refractivity contribution >= 4 is 5.95 Å². The minimum atomic E-state index is 0.0161. The molecule has 5 rings (SSSR count). The fraction of sp³-hybridized carbons (Fsp3) is 0.583. The number of methoxy groups -OCH3 is 1. The van der Waals surface area contributed by atoms with Crippen LogP contribution in [0.3, 0.4) is 0 Å². The summed E-state index contributed by atoms with van der Waals surface area (Å²) in [6.45, 7) is 2.37. The second-order valence-corrected chi connectivity index (χ2v) is 8.83. The molecular formula is C24H32N4O3. The average molecular weight is 425 g/mol. The van der Waals surface area contributed by atoms with Gasteiger partial charge >= 0.3 is 0 Å². The Balaban J connectivity index is 1.21. The lowest BCUT2D eigenvalue weighted by Crippen LogP contribution is -2.44. The molecule has 2 aliphatic heterocycles. The number of nitrogens with one attached hydrogen (secondary N) is 2. The van der Waals surface area contributed by atoms with Gasteiger partial charge in [-0.2, -0.15) is 0 Å². The first-order valence-electron chi connectivity index (χ1n) is 11.5. The van der Waals surface area contributed by atoms with Crippen molar-refractivity contribution in [3.63, 3.8) is 0 Å². The monoisotopic (exact) mass is 424 g/mol. The van der Waals surface area contributed by atoms with Crippen molar-refractivity contribution in [2.45, 2.75) is 56.4 Å². The molecule has 31 heavy (non-hydrogen) atoms. The van der Waals surface area contributed by atoms with Crippen LogP contribution in [0.2, 0.25) is 0 Å². The van der Waals surface area contributed by atoms with Crippen molar-refractivity contribution in [3.05, 3.63) is 36.5 Å². The largest absolute Gasteiger partial charge is 0.496 e. The Morgan fingerprint density at radius 2 is 1.77 bits per heavy atom. The highest BCUT2D eigenvalue weighted by Crippen LogP contribution is 2.31. The van der Waals surface area contributed by atoms with Crippen LogP contribution in [0.1, 0.15) is 32.1 Å². The summed E-state index contributed by atoms with van der Waals surface area (Å²) >= 11 is 0. The number of rotatable bonds is 7. The van der Waals surface area contributed by atoms with E-state index in [1.54, 1.807) is 13.3 Å². The Morgan fingerprint density at radius 1 is 1.00 bits per heavy atom. The van der Waals surface area contributed by atoms with Crippen LogP contribution in [0.4, 0.5) is 5.95 Å². The van der Waals surface area contributed by atoms with E-state index in [1.807, 2.05) is 30.3 Å². The predicted molar refractivity (Wildman–Crippen MR) is 119 cm³/mol. The smallest absolute Gasteiger partial charge is 0.223 e. The van der Waals surface area contributed by atoms with E-state index in [2.05, 4.69) is 15.6 Å². The molecule has 0 bridgehead atoms. The molecule has 0 spiro atoms. The van der Waals surface area contributed by atoms with E-state index in [4.69, 9.17) is 19.2 Å². The van der Waals surface area contributed by atoms with Crippen molar-refractivity contribution in [2.24, 2.45) is 5.92 Å². The lowest BCUT2D eigenvalue weighted by molar-refractivity contribution is 0.0671. The summed E-state index contributed by atoms with van der Waals surface area (Å²) in [4.78, 5) is 9.14. The Labute approximate surface area is 183 Å². The standard InChI is InChI=1S/C24H32N4O3/c1-29-21-10-6-5-9-17(21)18-11-12-25-24(27-18)28-20-15-31-22-19(14-30-23(20)22)26-13-16-7-3-2-4-8-16/h5-6,9-12,16,19-20,22-23,26H,2-4,7-8,13-15H2,1H3,(H,25,27,28)/t19-,20+,22-,23+/m0/s1. The molecule has 1 aliphatic carbocycles. The number of aromatic nitrogens is 2. The number of para-hydroxylation sites is 1. The molecule has 3 fully saturated rings. The first-order valence-corrected chi connectivity index (χ1v) is 11.5. The third kappa shape index (κ3) is 4.54. The van der Waals surface area contributed by atoms with Gasteiger partial charge in [0.25, 0.3) is 0 Å². The van der Waals surface area contributed by atoms with Gasteiger partial charge in [-0.05, 0) is 43.5 Å². The first kappa shape index (κ1) is 20.7. The molecule has 166 valence electrons. The molecule has 1 aromatic carbocycles. The lowest BCUT2D eigenvalue weighted by Gasteiger charge is -2.25. The van der Waals surface area contributed by atoms with E-state index in [-0.39, 0.29) is 24.3 Å². The van der Waals surface area contributed by atoms with E-state index in [1.165, 1.54) is 32.1 Å². The van der Waals surface area contributed by atoms with Crippen LogP contribution in [-0.4, -0.2) is 61.1 Å². The van der Waals surface area contributed by atoms with Crippen LogP contribution < -0.4 is 15.4 Å². The number of ether oxygens (including phenoxy) is 3. The highest BCUT2D eigenvalue weighted by molar-refractivity contribution is 5.67. The summed E-state index contributed by atoms with van der Waals surface area (Å²) < 4.78 is 17.8. The highest BCUT2D eigenvalue weighted by Gasteiger charge is 2.47. The quantitative estimate of drug-likeness (QED) is 0.706. The third-order valence-electron chi connectivity index (χ3n) is 6.80. The van der Waals surface area contributed by atoms with Gasteiger partial charge in [-0.25, -0.2) is 9.97 Å². The molecule has 3 aliphatic rings. The minimum absolute atomic E-state index is 0.0161. The van der Waals surface area contributed by atoms with Crippen LogP contribution in [-0.2, 0) is 9.47 Å². The zero-order valence-corrected chi connectivity index (χ0v) is 18.1. The number of hydrogen-bond acceptors (Lipinski definition) is 7. The van der Waals surface area contributed by atoms with E-state index in [0.29, 0.717) is 19.2 Å². The molecular weight excluding hydrogens is 392 g/mol. The van der Waals surface area contributed by atoms with Gasteiger partial charge in [0.2, 0.25) is 5.95 Å². The Bertz CT molecular complexity index is 873. The highest BCUT2D eigenvalue weighted by atomic mass is 16.6. The van der Waals surface area contributed by atoms with Crippen molar-refractivity contribution in [1.29, 1.82) is 0 Å². The van der Waals surface area contributed by atoms with Crippen LogP contribution in [0.25, 0.3) is 11.3 Å². The van der Waals surface area contributed by atoms with E-state index in [9.17, 15) is 0 Å². The molecule has 7 heteroatoms. The average Bonchev–Trinajstić information content (AvgIpc) is 3.41. The molecule has 1 saturated carbocycles. The zero-order chi connectivity index (χ0) is 21.0. The summed E-state index contributed by atoms with van der Waals surface area (Å²) in [6, 6.07) is 10.1. The number of anilines is 1. The van der Waals surface area contributed by atoms with Crippen LogP contribution in [0.5, 0.6) is 5.75 Å². The summed E-state index contributed by atoms with van der Waals surface area (Å²) in [5.41, 5.74) is 1.77. The van der Waals surface area contributed by atoms with Crippen LogP contribution >= 0.6 is 0 Å². The molecule has 4 atom stereocenters. The van der Waals surface area contributed by atoms with Gasteiger partial charge in [-0.15, -0.1) is 0 Å². The fourth-order valence-corrected chi connectivity index (χ4v) is 5.11. The van der Waals surface area contributed by atoms with Gasteiger partial charge in [-0.1, -0.05) is 31.4 Å². The second-order valence-electron chi connectivity index (χ2n) is 8.83. The molecule has 2 saturated heterocycles. The van der Waals surface area contributed by atoms with Crippen LogP contribution in [0.15, 0.2) is 36.5 Å². The summed E-state index contributed by atoms with van der Waals surface area (Å²) in [5.74, 6) is 2.18. The molecule has 7 nitrogen and oxygen atoms in total. The molecule has 0 amide bonds. The summed E-state index contributed by atoms with van der Waals surface area (Å²) in [6.07, 6.45) is 8.70. The van der Waals surface area contributed by atoms with Crippen molar-refractivity contribution < 1.29 is 14.2 Å². The van der Waals surface area contributed by atoms with Crippen molar-refractivity contribution in [1.82, 2.24) is 15.3 Å². The van der Waals surface area contributed by atoms with Crippen molar-refractivity contribution in [3.8, 4) is 17.0 Å². The van der Waals surface area contributed by atoms with Gasteiger partial charge in [-0.3, -0.25) is 0 Å². The summed E-state index contributed by atoms with van der Waals surface area (Å²) in [5, 5.41) is 7.17. The van der Waals surface area contributed by atoms with Gasteiger partial charge in [0.15, 0.2) is 0 Å². The normalized spacial score (nSPS) is 28.4. The first-order chi connectivity index (χ1) is 15.3. The van der Waals surface area contributed by atoms with Gasteiger partial charge in [0.1, 0.15) is 18.0 Å². The molecule has 2 N–H and O–H groups in total. The third-order valence-corrected chi connectivity index (χ3v) is 6.80. The Morgan fingerprint density at radius 3 is 2.61 bits per heavy atom. The number of fused-ring (bicyclic) bond motifs is 1. The molecule has 0 unspecified atom stereocenters. The van der Waals surface area contributed by atoms with E-state index in [0.717, 1.165) is 29.5 Å². The molecule has 2 aromatic rings. The zero-order valence-electron chi connectivity index (χ0n) is 18.1. The lowest BCUT2D eigenvalue weighted by atomic mass is 9.89. The minimum Gasteiger partial charge on any atom is -0.496 e. The van der Waals surface area contributed by atoms with E-state index >= 15 is 0 Å². The molecule has 1 aromatic heterocycles. The molecule has 0 radical (unpaired) electrons. The summed E-state index contributed by atoms with van der Waals surface area (Å²) in [7, 11) is 1.67. The molecule has 3 heterocycles. The van der Waals surface area contributed by atoms with Crippen molar-refractivity contribution in [2.75, 3.05) is 32.2 Å². The SMILES string of the molecule is COc1ccccc1-c1ccnc(N[C@@H]2CO[C@@H]3[C@@H]2OC[C@@H]3NCC2CCCCC2)n1. The van der Waals surface area contributed by atoms with Gasteiger partial charge < -0.3 is 24.8 Å². The maximum atomic E-state index is 6.14. The number of benzene rings is 1. The predicted octanol–water partition coefficient (Wildman–Crippen LogP) is 3.27. The Kier molecular flexibility index (Phi) is 6.34. The Hall–Kier alpha value is -2.22. The van der Waals surface area contributed by atoms with E-state index < -0.39 is 0 Å². The number of nitrogens with zero attached hydrogens (tertiary/aromatic N) is 2. The maximum absolute atomic E-state index is 6.14. The van der Waals surface area contributed by atoms with Gasteiger partial charge in [0.05, 0.1) is 38.1 Å². The second kappa shape index (κ2) is 9.51. The fourth-order valence-electron chi connectivity index (χ4n) is 5.11.